The van der Waals surface area contributed by atoms with Gasteiger partial charge in [0.1, 0.15) is 12.4 Å². The summed E-state index contributed by atoms with van der Waals surface area (Å²) in [7, 11) is 0. The Morgan fingerprint density at radius 3 is 2.62 bits per heavy atom. The molecule has 0 aliphatic carbocycles. The molecule has 6 heteroatoms. The molecule has 1 fully saturated rings. The highest BCUT2D eigenvalue weighted by Gasteiger charge is 2.29. The Balaban J connectivity index is 1.86. The van der Waals surface area contributed by atoms with Crippen molar-refractivity contribution >= 4 is 11.9 Å². The van der Waals surface area contributed by atoms with Crippen molar-refractivity contribution in [1.29, 1.82) is 5.26 Å². The number of hydrogen-bond acceptors (Lipinski definition) is 4. The Morgan fingerprint density at radius 1 is 1.38 bits per heavy atom. The summed E-state index contributed by atoms with van der Waals surface area (Å²) in [6, 6.07) is 5.88. The van der Waals surface area contributed by atoms with Gasteiger partial charge < -0.3 is 9.64 Å². The van der Waals surface area contributed by atoms with E-state index in [0.29, 0.717) is 31.5 Å². The lowest BCUT2D eigenvalue weighted by atomic mass is 9.96. The second-order valence-corrected chi connectivity index (χ2v) is 6.28. The minimum Gasteiger partial charge on any atom is -0.460 e. The molecular formula is C18H21FN2O3. The van der Waals surface area contributed by atoms with Crippen molar-refractivity contribution in [2.24, 2.45) is 11.8 Å². The van der Waals surface area contributed by atoms with Gasteiger partial charge in [-0.05, 0) is 31.0 Å². The minimum atomic E-state index is -0.501. The van der Waals surface area contributed by atoms with Crippen molar-refractivity contribution in [1.82, 2.24) is 4.90 Å². The first-order valence-corrected chi connectivity index (χ1v) is 8.06. The average Bonchev–Trinajstić information content (AvgIpc) is 2.60. The predicted molar refractivity (Wildman–Crippen MR) is 85.1 cm³/mol. The molecule has 1 aromatic carbocycles. The molecule has 1 aliphatic rings. The van der Waals surface area contributed by atoms with Gasteiger partial charge in [-0.2, -0.15) is 5.26 Å². The van der Waals surface area contributed by atoms with Crippen LogP contribution in [0, 0.1) is 29.0 Å². The molecule has 0 spiro atoms. The third kappa shape index (κ3) is 4.31. The zero-order chi connectivity index (χ0) is 17.7. The van der Waals surface area contributed by atoms with Crippen LogP contribution in [-0.2, 0) is 20.9 Å². The fourth-order valence-electron chi connectivity index (χ4n) is 2.72. The van der Waals surface area contributed by atoms with Crippen LogP contribution >= 0.6 is 0 Å². The quantitative estimate of drug-likeness (QED) is 0.795. The molecule has 0 bridgehead atoms. The molecule has 128 valence electrons. The van der Waals surface area contributed by atoms with E-state index in [1.165, 1.54) is 18.2 Å². The van der Waals surface area contributed by atoms with Gasteiger partial charge in [0.05, 0.1) is 17.6 Å². The van der Waals surface area contributed by atoms with E-state index in [-0.39, 0.29) is 35.9 Å². The lowest BCUT2D eigenvalue weighted by molar-refractivity contribution is -0.153. The fourth-order valence-corrected chi connectivity index (χ4v) is 2.72. The number of carbonyl (C=O) groups excluding carboxylic acids is 2. The molecular weight excluding hydrogens is 311 g/mol. The van der Waals surface area contributed by atoms with Gasteiger partial charge in [-0.15, -0.1) is 0 Å². The van der Waals surface area contributed by atoms with E-state index in [4.69, 9.17) is 10.00 Å². The van der Waals surface area contributed by atoms with Crippen molar-refractivity contribution in [2.75, 3.05) is 13.1 Å². The minimum absolute atomic E-state index is 0.0520. The Bertz CT molecular complexity index is 659. The molecule has 0 radical (unpaired) electrons. The van der Waals surface area contributed by atoms with Crippen LogP contribution < -0.4 is 0 Å². The van der Waals surface area contributed by atoms with Crippen molar-refractivity contribution in [3.8, 4) is 6.07 Å². The topological polar surface area (TPSA) is 70.4 Å². The van der Waals surface area contributed by atoms with Crippen LogP contribution in [0.1, 0.15) is 37.8 Å². The number of rotatable bonds is 4. The standard InChI is InChI=1S/C18H21FN2O3/c1-12(2)17(22)21-7-5-14(6-8-21)18(23)24-11-15-9-13(10-20)3-4-16(15)19/h3-4,9,12,14H,5-8,11H2,1-2H3. The van der Waals surface area contributed by atoms with E-state index in [2.05, 4.69) is 0 Å². The van der Waals surface area contributed by atoms with Gasteiger partial charge in [-0.3, -0.25) is 9.59 Å². The summed E-state index contributed by atoms with van der Waals surface area (Å²) in [4.78, 5) is 25.8. The van der Waals surface area contributed by atoms with Crippen molar-refractivity contribution < 1.29 is 18.7 Å². The zero-order valence-corrected chi connectivity index (χ0v) is 13.9. The SMILES string of the molecule is CC(C)C(=O)N1CCC(C(=O)OCc2cc(C#N)ccc2F)CC1. The van der Waals surface area contributed by atoms with Crippen LogP contribution in [0.25, 0.3) is 0 Å². The number of esters is 1. The summed E-state index contributed by atoms with van der Waals surface area (Å²) in [6.07, 6.45) is 1.11. The van der Waals surface area contributed by atoms with Crippen LogP contribution in [0.4, 0.5) is 4.39 Å². The zero-order valence-electron chi connectivity index (χ0n) is 13.9. The maximum atomic E-state index is 13.7. The molecule has 0 N–H and O–H groups in total. The number of ether oxygens (including phenoxy) is 1. The molecule has 0 saturated carbocycles. The summed E-state index contributed by atoms with van der Waals surface area (Å²) in [6.45, 7) is 4.59. The van der Waals surface area contributed by atoms with Gasteiger partial charge >= 0.3 is 5.97 Å². The molecule has 1 aromatic rings. The molecule has 0 unspecified atom stereocenters. The second kappa shape index (κ2) is 7.91. The van der Waals surface area contributed by atoms with Crippen LogP contribution in [0.3, 0.4) is 0 Å². The van der Waals surface area contributed by atoms with E-state index < -0.39 is 5.82 Å². The van der Waals surface area contributed by atoms with Crippen molar-refractivity contribution in [2.45, 2.75) is 33.3 Å². The van der Waals surface area contributed by atoms with Crippen LogP contribution in [0.5, 0.6) is 0 Å². The second-order valence-electron chi connectivity index (χ2n) is 6.28. The number of hydrogen-bond donors (Lipinski definition) is 0. The van der Waals surface area contributed by atoms with Gasteiger partial charge in [-0.1, -0.05) is 13.8 Å². The Morgan fingerprint density at radius 2 is 2.04 bits per heavy atom. The number of likely N-dealkylation sites (tertiary alicyclic amines) is 1. The first kappa shape index (κ1) is 17.9. The van der Waals surface area contributed by atoms with E-state index in [0.717, 1.165) is 0 Å². The molecule has 1 heterocycles. The van der Waals surface area contributed by atoms with Crippen LogP contribution in [-0.4, -0.2) is 29.9 Å². The Hall–Kier alpha value is -2.42. The molecule has 2 rings (SSSR count). The monoisotopic (exact) mass is 332 g/mol. The van der Waals surface area contributed by atoms with E-state index in [9.17, 15) is 14.0 Å². The smallest absolute Gasteiger partial charge is 0.309 e. The highest BCUT2D eigenvalue weighted by atomic mass is 19.1. The first-order chi connectivity index (χ1) is 11.4. The maximum Gasteiger partial charge on any atom is 0.309 e. The Kier molecular flexibility index (Phi) is 5.91. The molecule has 24 heavy (non-hydrogen) atoms. The van der Waals surface area contributed by atoms with E-state index >= 15 is 0 Å². The van der Waals surface area contributed by atoms with Gasteiger partial charge in [-0.25, -0.2) is 4.39 Å². The van der Waals surface area contributed by atoms with Gasteiger partial charge in [0.2, 0.25) is 5.91 Å². The number of carbonyl (C=O) groups is 2. The summed E-state index contributed by atoms with van der Waals surface area (Å²) < 4.78 is 18.9. The number of nitrogens with zero attached hydrogens (tertiary/aromatic N) is 2. The maximum absolute atomic E-state index is 13.7. The highest BCUT2D eigenvalue weighted by molar-refractivity contribution is 5.79. The van der Waals surface area contributed by atoms with Gasteiger partial charge in [0.15, 0.2) is 0 Å². The lowest BCUT2D eigenvalue weighted by Crippen LogP contribution is -2.42. The normalized spacial score (nSPS) is 15.2. The van der Waals surface area contributed by atoms with E-state index in [1.54, 1.807) is 4.90 Å². The van der Waals surface area contributed by atoms with Crippen molar-refractivity contribution in [3.63, 3.8) is 0 Å². The Labute approximate surface area is 141 Å². The average molecular weight is 332 g/mol. The molecule has 0 aromatic heterocycles. The number of amides is 1. The summed E-state index contributed by atoms with van der Waals surface area (Å²) in [5.74, 6) is -1.11. The predicted octanol–water partition coefficient (Wildman–Crippen LogP) is 2.64. The summed E-state index contributed by atoms with van der Waals surface area (Å²) in [5.41, 5.74) is 0.512. The molecule has 1 amide bonds. The molecule has 0 atom stereocenters. The summed E-state index contributed by atoms with van der Waals surface area (Å²) in [5, 5.41) is 8.83. The van der Waals surface area contributed by atoms with E-state index in [1.807, 2.05) is 19.9 Å². The third-order valence-electron chi connectivity index (χ3n) is 4.18. The number of halogens is 1. The number of piperidine rings is 1. The van der Waals surface area contributed by atoms with Gasteiger partial charge in [0.25, 0.3) is 0 Å². The third-order valence-corrected chi connectivity index (χ3v) is 4.18. The first-order valence-electron chi connectivity index (χ1n) is 8.06. The lowest BCUT2D eigenvalue weighted by Gasteiger charge is -2.32. The van der Waals surface area contributed by atoms with Crippen LogP contribution in [0.2, 0.25) is 0 Å². The largest absolute Gasteiger partial charge is 0.460 e. The fraction of sp³-hybridized carbons (Fsp3) is 0.500. The highest BCUT2D eigenvalue weighted by Crippen LogP contribution is 2.21. The molecule has 5 nitrogen and oxygen atoms in total. The number of nitriles is 1. The number of benzene rings is 1. The van der Waals surface area contributed by atoms with Crippen LogP contribution in [0.15, 0.2) is 18.2 Å². The summed E-state index contributed by atoms with van der Waals surface area (Å²) >= 11 is 0. The van der Waals surface area contributed by atoms with Crippen molar-refractivity contribution in [3.05, 3.63) is 35.1 Å². The van der Waals surface area contributed by atoms with Gasteiger partial charge in [0, 0.05) is 24.6 Å². The molecule has 1 aliphatic heterocycles. The molecule has 1 saturated heterocycles.